The first kappa shape index (κ1) is 22.5. The molecule has 0 aliphatic rings. The summed E-state index contributed by atoms with van der Waals surface area (Å²) in [5.41, 5.74) is 1.61. The van der Waals surface area contributed by atoms with Crippen molar-refractivity contribution >= 4 is 20.2 Å². The molecule has 7 nitrogen and oxygen atoms in total. The van der Waals surface area contributed by atoms with Gasteiger partial charge in [0, 0.05) is 6.61 Å². The molecule has 0 aliphatic carbocycles. The third kappa shape index (κ3) is 8.07. The van der Waals surface area contributed by atoms with Gasteiger partial charge in [-0.15, -0.1) is 0 Å². The van der Waals surface area contributed by atoms with Crippen molar-refractivity contribution in [3.63, 3.8) is 0 Å². The van der Waals surface area contributed by atoms with E-state index < -0.39 is 20.2 Å². The first-order chi connectivity index (χ1) is 13.3. The van der Waals surface area contributed by atoms with Crippen LogP contribution in [0.4, 0.5) is 0 Å². The fourth-order valence-corrected chi connectivity index (χ4v) is 4.19. The van der Waals surface area contributed by atoms with Gasteiger partial charge >= 0.3 is 0 Å². The zero-order chi connectivity index (χ0) is 20.5. The van der Waals surface area contributed by atoms with E-state index in [0.717, 1.165) is 5.56 Å². The summed E-state index contributed by atoms with van der Waals surface area (Å²) in [4.78, 5) is 0.107. The molecule has 0 saturated carbocycles. The summed E-state index contributed by atoms with van der Waals surface area (Å²) in [6.07, 6.45) is 0.349. The minimum atomic E-state index is -3.78. The highest BCUT2D eigenvalue weighted by Gasteiger charge is 2.14. The van der Waals surface area contributed by atoms with Crippen LogP contribution in [-0.2, 0) is 39.1 Å². The van der Waals surface area contributed by atoms with Crippen molar-refractivity contribution in [3.8, 4) is 0 Å². The average molecular weight is 429 g/mol. The van der Waals surface area contributed by atoms with Crippen molar-refractivity contribution in [2.45, 2.75) is 24.0 Å². The molecule has 0 amide bonds. The van der Waals surface area contributed by atoms with Crippen LogP contribution in [0, 0.1) is 6.92 Å². The quantitative estimate of drug-likeness (QED) is 0.379. The second-order valence-corrected chi connectivity index (χ2v) is 9.32. The van der Waals surface area contributed by atoms with Gasteiger partial charge in [0.05, 0.1) is 24.7 Å². The van der Waals surface area contributed by atoms with Crippen LogP contribution in [0.1, 0.15) is 17.5 Å². The molecule has 0 saturated heterocycles. The van der Waals surface area contributed by atoms with Crippen LogP contribution in [0.2, 0.25) is 0 Å². The summed E-state index contributed by atoms with van der Waals surface area (Å²) in [5.74, 6) is -0.196. The Morgan fingerprint density at radius 3 is 2.11 bits per heavy atom. The maximum absolute atomic E-state index is 12.0. The van der Waals surface area contributed by atoms with Crippen molar-refractivity contribution in [1.29, 1.82) is 0 Å². The molecule has 0 radical (unpaired) electrons. The highest BCUT2D eigenvalue weighted by atomic mass is 32.2. The van der Waals surface area contributed by atoms with Crippen LogP contribution < -0.4 is 0 Å². The lowest BCUT2D eigenvalue weighted by molar-refractivity contribution is 0.0926. The zero-order valence-electron chi connectivity index (χ0n) is 15.6. The Kier molecular flexibility index (Phi) is 8.58. The molecule has 0 atom stereocenters. The largest absolute Gasteiger partial charge is 0.379 e. The van der Waals surface area contributed by atoms with Crippen LogP contribution in [0.15, 0.2) is 59.5 Å². The fourth-order valence-electron chi connectivity index (χ4n) is 2.24. The number of rotatable bonds is 12. The molecule has 2 aromatic carbocycles. The molecule has 0 heterocycles. The molecule has 0 spiro atoms. The standard InChI is InChI=1S/C19H24O7S2/c1-17-8-10-19(11-9-17)28(22,23)26-13-5-12-24-14-15-25-27(20,21)16-18-6-3-2-4-7-18/h2-4,6-11H,5,12-16H2,1H3. The summed E-state index contributed by atoms with van der Waals surface area (Å²) < 4.78 is 62.7. The van der Waals surface area contributed by atoms with Gasteiger partial charge in [-0.3, -0.25) is 8.37 Å². The van der Waals surface area contributed by atoms with E-state index in [1.807, 2.05) is 6.92 Å². The van der Waals surface area contributed by atoms with Crippen molar-refractivity contribution < 1.29 is 29.9 Å². The summed E-state index contributed by atoms with van der Waals surface area (Å²) in [6.45, 7) is 2.05. The van der Waals surface area contributed by atoms with Gasteiger partial charge in [-0.1, -0.05) is 48.0 Å². The van der Waals surface area contributed by atoms with Gasteiger partial charge in [0.25, 0.3) is 20.2 Å². The van der Waals surface area contributed by atoms with Gasteiger partial charge in [0.2, 0.25) is 0 Å². The Morgan fingerprint density at radius 2 is 1.43 bits per heavy atom. The average Bonchev–Trinajstić information content (AvgIpc) is 2.64. The summed E-state index contributed by atoms with van der Waals surface area (Å²) >= 11 is 0. The van der Waals surface area contributed by atoms with Crippen molar-refractivity contribution in [2.24, 2.45) is 0 Å². The van der Waals surface area contributed by atoms with Crippen LogP contribution in [0.5, 0.6) is 0 Å². The number of ether oxygens (including phenoxy) is 1. The van der Waals surface area contributed by atoms with E-state index in [9.17, 15) is 16.8 Å². The molecule has 28 heavy (non-hydrogen) atoms. The minimum absolute atomic E-state index is 0.0244. The third-order valence-corrected chi connectivity index (χ3v) is 6.20. The van der Waals surface area contributed by atoms with Gasteiger partial charge in [-0.05, 0) is 31.0 Å². The molecular formula is C19H24O7S2. The highest BCUT2D eigenvalue weighted by molar-refractivity contribution is 7.86. The van der Waals surface area contributed by atoms with Crippen molar-refractivity contribution in [3.05, 3.63) is 65.7 Å². The summed E-state index contributed by atoms with van der Waals surface area (Å²) in [7, 11) is -7.45. The lowest BCUT2D eigenvalue weighted by Gasteiger charge is -2.08. The fraction of sp³-hybridized carbons (Fsp3) is 0.368. The number of benzene rings is 2. The zero-order valence-corrected chi connectivity index (χ0v) is 17.2. The lowest BCUT2D eigenvalue weighted by Crippen LogP contribution is -2.14. The Bertz CT molecular complexity index is 922. The van der Waals surface area contributed by atoms with Crippen molar-refractivity contribution in [2.75, 3.05) is 26.4 Å². The van der Waals surface area contributed by atoms with E-state index in [0.29, 0.717) is 12.0 Å². The lowest BCUT2D eigenvalue weighted by atomic mass is 10.2. The maximum atomic E-state index is 12.0. The van der Waals surface area contributed by atoms with E-state index in [2.05, 4.69) is 0 Å². The molecule has 0 N–H and O–H groups in total. The normalized spacial score (nSPS) is 12.2. The molecule has 154 valence electrons. The van der Waals surface area contributed by atoms with Gasteiger partial charge in [0.15, 0.2) is 0 Å². The molecule has 9 heteroatoms. The van der Waals surface area contributed by atoms with E-state index in [1.165, 1.54) is 12.1 Å². The maximum Gasteiger partial charge on any atom is 0.296 e. The monoisotopic (exact) mass is 428 g/mol. The topological polar surface area (TPSA) is 96.0 Å². The molecule has 0 aromatic heterocycles. The van der Waals surface area contributed by atoms with Crippen LogP contribution in [-0.4, -0.2) is 43.3 Å². The third-order valence-electron chi connectivity index (χ3n) is 3.66. The first-order valence-electron chi connectivity index (χ1n) is 8.73. The predicted octanol–water partition coefficient (Wildman–Crippen LogP) is 2.65. The van der Waals surface area contributed by atoms with E-state index in [1.54, 1.807) is 42.5 Å². The Balaban J connectivity index is 1.59. The number of hydrogen-bond acceptors (Lipinski definition) is 7. The Labute approximate surface area is 166 Å². The molecule has 0 fully saturated rings. The van der Waals surface area contributed by atoms with Crippen LogP contribution >= 0.6 is 0 Å². The first-order valence-corrected chi connectivity index (χ1v) is 11.7. The second-order valence-electron chi connectivity index (χ2n) is 6.06. The molecule has 0 aliphatic heterocycles. The van der Waals surface area contributed by atoms with E-state index in [-0.39, 0.29) is 37.1 Å². The Morgan fingerprint density at radius 1 is 0.750 bits per heavy atom. The highest BCUT2D eigenvalue weighted by Crippen LogP contribution is 2.13. The summed E-state index contributed by atoms with van der Waals surface area (Å²) in [6, 6.07) is 15.1. The molecule has 0 bridgehead atoms. The molecule has 0 unspecified atom stereocenters. The smallest absolute Gasteiger partial charge is 0.296 e. The molecule has 2 rings (SSSR count). The van der Waals surface area contributed by atoms with Crippen molar-refractivity contribution in [1.82, 2.24) is 0 Å². The number of hydrogen-bond donors (Lipinski definition) is 0. The van der Waals surface area contributed by atoms with Gasteiger partial charge in [-0.2, -0.15) is 16.8 Å². The van der Waals surface area contributed by atoms with E-state index in [4.69, 9.17) is 13.1 Å². The Hall–Kier alpha value is -1.78. The predicted molar refractivity (Wildman–Crippen MR) is 105 cm³/mol. The van der Waals surface area contributed by atoms with Crippen LogP contribution in [0.3, 0.4) is 0 Å². The molecule has 2 aromatic rings. The van der Waals surface area contributed by atoms with Gasteiger partial charge in [-0.25, -0.2) is 0 Å². The molecular weight excluding hydrogens is 404 g/mol. The SMILES string of the molecule is Cc1ccc(S(=O)(=O)OCCCOCCOS(=O)(=O)Cc2ccccc2)cc1. The summed E-state index contributed by atoms with van der Waals surface area (Å²) in [5, 5.41) is 0. The van der Waals surface area contributed by atoms with Crippen LogP contribution in [0.25, 0.3) is 0 Å². The second kappa shape index (κ2) is 10.7. The number of aryl methyl sites for hydroxylation is 1. The van der Waals surface area contributed by atoms with E-state index >= 15 is 0 Å². The van der Waals surface area contributed by atoms with Gasteiger partial charge < -0.3 is 4.74 Å². The van der Waals surface area contributed by atoms with Gasteiger partial charge in [0.1, 0.15) is 5.75 Å². The minimum Gasteiger partial charge on any atom is -0.379 e.